The molecule has 3 nitrogen and oxygen atoms in total. The lowest BCUT2D eigenvalue weighted by atomic mass is 10.1. The minimum atomic E-state index is 0.492. The summed E-state index contributed by atoms with van der Waals surface area (Å²) >= 11 is 0. The second-order valence-corrected chi connectivity index (χ2v) is 6.53. The van der Waals surface area contributed by atoms with E-state index in [2.05, 4.69) is 11.8 Å². The highest BCUT2D eigenvalue weighted by molar-refractivity contribution is 4.72. The second kappa shape index (κ2) is 13.5. The van der Waals surface area contributed by atoms with Crippen molar-refractivity contribution in [1.82, 2.24) is 4.90 Å². The van der Waals surface area contributed by atoms with Gasteiger partial charge in [-0.2, -0.15) is 0 Å². The molecule has 0 saturated carbocycles. The van der Waals surface area contributed by atoms with E-state index in [1.807, 2.05) is 0 Å². The van der Waals surface area contributed by atoms with Crippen LogP contribution >= 0.6 is 0 Å². The van der Waals surface area contributed by atoms with Gasteiger partial charge in [-0.25, -0.2) is 0 Å². The van der Waals surface area contributed by atoms with E-state index in [-0.39, 0.29) is 0 Å². The zero-order valence-electron chi connectivity index (χ0n) is 14.3. The zero-order valence-corrected chi connectivity index (χ0v) is 14.3. The van der Waals surface area contributed by atoms with Crippen molar-refractivity contribution in [2.45, 2.75) is 83.7 Å². The molecule has 0 aromatic carbocycles. The van der Waals surface area contributed by atoms with Crippen molar-refractivity contribution in [3.63, 3.8) is 0 Å². The van der Waals surface area contributed by atoms with E-state index in [0.717, 1.165) is 19.6 Å². The van der Waals surface area contributed by atoms with Gasteiger partial charge in [0.25, 0.3) is 0 Å². The Hall–Kier alpha value is -0.120. The van der Waals surface area contributed by atoms with E-state index >= 15 is 0 Å². The van der Waals surface area contributed by atoms with Gasteiger partial charge in [-0.05, 0) is 38.8 Å². The largest absolute Gasteiger partial charge is 0.378 e. The highest BCUT2D eigenvalue weighted by Gasteiger charge is 2.18. The lowest BCUT2D eigenvalue weighted by Gasteiger charge is -2.31. The second-order valence-electron chi connectivity index (χ2n) is 6.53. The molecule has 1 fully saturated rings. The van der Waals surface area contributed by atoms with Crippen LogP contribution in [0.5, 0.6) is 0 Å². The topological polar surface area (TPSA) is 38.5 Å². The molecular weight excluding hydrogens is 260 g/mol. The smallest absolute Gasteiger partial charge is 0.0599 e. The molecule has 1 saturated heterocycles. The highest BCUT2D eigenvalue weighted by atomic mass is 16.5. The van der Waals surface area contributed by atoms with Crippen LogP contribution in [0.3, 0.4) is 0 Å². The molecule has 0 unspecified atom stereocenters. The highest BCUT2D eigenvalue weighted by Crippen LogP contribution is 2.15. The van der Waals surface area contributed by atoms with Gasteiger partial charge < -0.3 is 15.4 Å². The van der Waals surface area contributed by atoms with E-state index in [1.54, 1.807) is 0 Å². The van der Waals surface area contributed by atoms with Gasteiger partial charge in [0.2, 0.25) is 0 Å². The third kappa shape index (κ3) is 10.3. The van der Waals surface area contributed by atoms with Crippen LogP contribution in [-0.2, 0) is 4.74 Å². The predicted octanol–water partition coefficient (Wildman–Crippen LogP) is 3.96. The van der Waals surface area contributed by atoms with Crippen molar-refractivity contribution in [3.05, 3.63) is 0 Å². The van der Waals surface area contributed by atoms with Crippen LogP contribution in [0.2, 0.25) is 0 Å². The minimum Gasteiger partial charge on any atom is -0.378 e. The van der Waals surface area contributed by atoms with Crippen LogP contribution in [0.1, 0.15) is 77.6 Å². The van der Waals surface area contributed by atoms with Crippen LogP contribution in [0.15, 0.2) is 0 Å². The molecule has 0 radical (unpaired) electrons. The van der Waals surface area contributed by atoms with Gasteiger partial charge >= 0.3 is 0 Å². The predicted molar refractivity (Wildman–Crippen MR) is 91.7 cm³/mol. The molecule has 0 aromatic rings. The Morgan fingerprint density at radius 1 is 0.905 bits per heavy atom. The molecule has 0 bridgehead atoms. The number of unbranched alkanes of at least 4 members (excludes halogenated alkanes) is 7. The van der Waals surface area contributed by atoms with Gasteiger partial charge in [-0.15, -0.1) is 0 Å². The fraction of sp³-hybridized carbons (Fsp3) is 1.00. The van der Waals surface area contributed by atoms with Gasteiger partial charge in [-0.1, -0.05) is 51.9 Å². The van der Waals surface area contributed by atoms with Crippen molar-refractivity contribution in [3.8, 4) is 0 Å². The summed E-state index contributed by atoms with van der Waals surface area (Å²) in [6.07, 6.45) is 15.2. The molecular formula is C18H38N2O. The summed E-state index contributed by atoms with van der Waals surface area (Å²) in [5, 5.41) is 0. The van der Waals surface area contributed by atoms with Gasteiger partial charge in [0, 0.05) is 19.7 Å². The Bertz CT molecular complexity index is 215. The summed E-state index contributed by atoms with van der Waals surface area (Å²) in [5.41, 5.74) is 5.49. The Labute approximate surface area is 132 Å². The average Bonchev–Trinajstić information content (AvgIpc) is 2.52. The monoisotopic (exact) mass is 298 g/mol. The van der Waals surface area contributed by atoms with Crippen molar-refractivity contribution in [2.75, 3.05) is 32.8 Å². The first-order valence-electron chi connectivity index (χ1n) is 9.40. The van der Waals surface area contributed by atoms with Crippen molar-refractivity contribution < 1.29 is 4.74 Å². The van der Waals surface area contributed by atoms with E-state index in [1.165, 1.54) is 83.8 Å². The number of nitrogens with zero attached hydrogens (tertiary/aromatic N) is 1. The van der Waals surface area contributed by atoms with Crippen molar-refractivity contribution in [1.29, 1.82) is 0 Å². The van der Waals surface area contributed by atoms with Gasteiger partial charge in [0.15, 0.2) is 0 Å². The first-order valence-corrected chi connectivity index (χ1v) is 9.40. The third-order valence-corrected chi connectivity index (χ3v) is 4.56. The van der Waals surface area contributed by atoms with E-state index in [4.69, 9.17) is 10.5 Å². The molecule has 2 N–H and O–H groups in total. The van der Waals surface area contributed by atoms with Crippen LogP contribution < -0.4 is 5.73 Å². The van der Waals surface area contributed by atoms with Crippen LogP contribution in [0.25, 0.3) is 0 Å². The normalized spacial score (nSPS) is 17.4. The number of hydrogen-bond donors (Lipinski definition) is 1. The van der Waals surface area contributed by atoms with Crippen molar-refractivity contribution >= 4 is 0 Å². The molecule has 1 rings (SSSR count). The Morgan fingerprint density at radius 3 is 2.14 bits per heavy atom. The summed E-state index contributed by atoms with van der Waals surface area (Å²) in [7, 11) is 0. The molecule has 0 aromatic heterocycles. The number of ether oxygens (including phenoxy) is 1. The average molecular weight is 299 g/mol. The fourth-order valence-electron chi connectivity index (χ4n) is 3.10. The third-order valence-electron chi connectivity index (χ3n) is 4.56. The van der Waals surface area contributed by atoms with Gasteiger partial charge in [0.1, 0.15) is 0 Å². The number of likely N-dealkylation sites (tertiary alicyclic amines) is 1. The van der Waals surface area contributed by atoms with E-state index in [9.17, 15) is 0 Å². The number of hydrogen-bond acceptors (Lipinski definition) is 3. The number of rotatable bonds is 13. The lowest BCUT2D eigenvalue weighted by molar-refractivity contribution is 0.00700. The number of nitrogens with two attached hydrogens (primary N) is 1. The zero-order chi connectivity index (χ0) is 15.2. The van der Waals surface area contributed by atoms with Crippen LogP contribution in [0.4, 0.5) is 0 Å². The molecule has 0 atom stereocenters. The fourth-order valence-corrected chi connectivity index (χ4v) is 3.10. The Kier molecular flexibility index (Phi) is 12.2. The maximum atomic E-state index is 5.85. The maximum Gasteiger partial charge on any atom is 0.0599 e. The molecule has 0 amide bonds. The Balaban J connectivity index is 1.87. The molecule has 3 heteroatoms. The molecule has 126 valence electrons. The minimum absolute atomic E-state index is 0.492. The molecule has 0 aliphatic carbocycles. The summed E-state index contributed by atoms with van der Waals surface area (Å²) in [6.45, 7) is 7.63. The van der Waals surface area contributed by atoms with Gasteiger partial charge in [0.05, 0.1) is 6.10 Å². The molecule has 0 spiro atoms. The molecule has 1 aliphatic heterocycles. The molecule has 21 heavy (non-hydrogen) atoms. The molecule has 1 aliphatic rings. The summed E-state index contributed by atoms with van der Waals surface area (Å²) in [5.74, 6) is 0. The maximum absolute atomic E-state index is 5.85. The molecule has 1 heterocycles. The van der Waals surface area contributed by atoms with Crippen LogP contribution in [0, 0.1) is 0 Å². The quantitative estimate of drug-likeness (QED) is 0.523. The summed E-state index contributed by atoms with van der Waals surface area (Å²) in [6, 6.07) is 0. The SMILES string of the molecule is CCCCCCCCCCN1CCC(OCCCN)CC1. The van der Waals surface area contributed by atoms with E-state index < -0.39 is 0 Å². The lowest BCUT2D eigenvalue weighted by Crippen LogP contribution is -2.37. The summed E-state index contributed by atoms with van der Waals surface area (Å²) < 4.78 is 5.85. The van der Waals surface area contributed by atoms with Crippen molar-refractivity contribution in [2.24, 2.45) is 5.73 Å². The van der Waals surface area contributed by atoms with Gasteiger partial charge in [-0.3, -0.25) is 0 Å². The Morgan fingerprint density at radius 2 is 1.52 bits per heavy atom. The van der Waals surface area contributed by atoms with E-state index in [0.29, 0.717) is 6.10 Å². The number of piperidine rings is 1. The standard InChI is InChI=1S/C18H38N2O/c1-2-3-4-5-6-7-8-9-14-20-15-11-18(12-16-20)21-17-10-13-19/h18H,2-17,19H2,1H3. The van der Waals surface area contributed by atoms with Crippen LogP contribution in [-0.4, -0.2) is 43.8 Å². The first kappa shape index (κ1) is 18.9. The summed E-state index contributed by atoms with van der Waals surface area (Å²) in [4.78, 5) is 2.62. The first-order chi connectivity index (χ1) is 10.4.